The molecule has 4 N–H and O–H groups in total. The number of hydrogen-bond acceptors (Lipinski definition) is 5. The topological polar surface area (TPSA) is 141 Å². The molecule has 1 aromatic rings. The van der Waals surface area contributed by atoms with E-state index < -0.39 is 17.9 Å². The quantitative estimate of drug-likeness (QED) is 0.499. The number of ether oxygens (including phenoxy) is 1. The predicted molar refractivity (Wildman–Crippen MR) is 79.7 cm³/mol. The average Bonchev–Trinajstić information content (AvgIpc) is 2.50. The van der Waals surface area contributed by atoms with Gasteiger partial charge in [0.1, 0.15) is 12.4 Å². The second-order valence-corrected chi connectivity index (χ2v) is 4.40. The van der Waals surface area contributed by atoms with Crippen LogP contribution < -0.4 is 4.74 Å². The molecule has 128 valence electrons. The lowest BCUT2D eigenvalue weighted by Crippen LogP contribution is -2.02. The van der Waals surface area contributed by atoms with E-state index in [1.165, 1.54) is 12.1 Å². The van der Waals surface area contributed by atoms with Crippen LogP contribution in [0.15, 0.2) is 24.3 Å². The lowest BCUT2D eigenvalue weighted by atomic mass is 10.2. The van der Waals surface area contributed by atoms with Crippen molar-refractivity contribution in [2.45, 2.75) is 25.7 Å². The zero-order chi connectivity index (χ0) is 17.7. The van der Waals surface area contributed by atoms with Crippen molar-refractivity contribution in [3.8, 4) is 5.75 Å². The molecule has 8 nitrogen and oxygen atoms in total. The number of aliphatic hydroxyl groups is 1. The number of carbonyl (C=O) groups is 3. The van der Waals surface area contributed by atoms with Gasteiger partial charge in [-0.05, 0) is 37.1 Å². The summed E-state index contributed by atoms with van der Waals surface area (Å²) in [6.07, 6.45) is 1.02. The van der Waals surface area contributed by atoms with Crippen molar-refractivity contribution in [2.24, 2.45) is 0 Å². The van der Waals surface area contributed by atoms with E-state index in [4.69, 9.17) is 25.2 Å². The summed E-state index contributed by atoms with van der Waals surface area (Å²) in [6, 6.07) is 6.02. The maximum absolute atomic E-state index is 10.4. The monoisotopic (exact) mass is 328 g/mol. The van der Waals surface area contributed by atoms with E-state index in [-0.39, 0.29) is 31.6 Å². The number of carboxylic acid groups (broad SMARTS) is 3. The second-order valence-electron chi connectivity index (χ2n) is 4.40. The third-order valence-corrected chi connectivity index (χ3v) is 2.49. The summed E-state index contributed by atoms with van der Waals surface area (Å²) in [5.74, 6) is -2.15. The summed E-state index contributed by atoms with van der Waals surface area (Å²) < 4.78 is 5.05. The minimum absolute atomic E-state index is 0.0549. The predicted octanol–water partition coefficient (Wildman–Crippen LogP) is 1.47. The minimum Gasteiger partial charge on any atom is -0.491 e. The molecule has 0 atom stereocenters. The number of rotatable bonds is 9. The standard InChI is InChI=1S/C9H10O4.C6H10O4/c10-5-6-13-8-3-1-7(2-4-8)9(11)12;7-5(8)3-1-2-4-6(9)10/h1-4,10H,5-6H2,(H,11,12);1-4H2,(H,7,8)(H,9,10). The summed E-state index contributed by atoms with van der Waals surface area (Å²) in [7, 11) is 0. The molecule has 0 aliphatic carbocycles. The highest BCUT2D eigenvalue weighted by Crippen LogP contribution is 2.11. The fourth-order valence-corrected chi connectivity index (χ4v) is 1.41. The van der Waals surface area contributed by atoms with Gasteiger partial charge in [-0.2, -0.15) is 0 Å². The van der Waals surface area contributed by atoms with Crippen LogP contribution in [0.3, 0.4) is 0 Å². The smallest absolute Gasteiger partial charge is 0.335 e. The maximum atomic E-state index is 10.4. The number of aromatic carboxylic acids is 1. The van der Waals surface area contributed by atoms with Gasteiger partial charge in [-0.1, -0.05) is 0 Å². The van der Waals surface area contributed by atoms with Crippen LogP contribution in [0, 0.1) is 0 Å². The summed E-state index contributed by atoms with van der Waals surface area (Å²) in [5, 5.41) is 33.3. The Morgan fingerprint density at radius 3 is 1.70 bits per heavy atom. The molecule has 0 amide bonds. The van der Waals surface area contributed by atoms with E-state index >= 15 is 0 Å². The van der Waals surface area contributed by atoms with Gasteiger partial charge < -0.3 is 25.2 Å². The Morgan fingerprint density at radius 1 is 0.870 bits per heavy atom. The maximum Gasteiger partial charge on any atom is 0.335 e. The van der Waals surface area contributed by atoms with E-state index in [1.807, 2.05) is 0 Å². The van der Waals surface area contributed by atoms with Crippen molar-refractivity contribution in [1.29, 1.82) is 0 Å². The molecule has 0 radical (unpaired) electrons. The van der Waals surface area contributed by atoms with Crippen LogP contribution in [0.5, 0.6) is 5.75 Å². The molecule has 8 heteroatoms. The highest BCUT2D eigenvalue weighted by atomic mass is 16.5. The van der Waals surface area contributed by atoms with Gasteiger partial charge in [0.25, 0.3) is 0 Å². The minimum atomic E-state index is -0.964. The fourth-order valence-electron chi connectivity index (χ4n) is 1.41. The first-order valence-electron chi connectivity index (χ1n) is 6.87. The number of unbranched alkanes of at least 4 members (excludes halogenated alkanes) is 1. The van der Waals surface area contributed by atoms with Crippen LogP contribution in [0.2, 0.25) is 0 Å². The molecule has 0 saturated carbocycles. The summed E-state index contributed by atoms with van der Waals surface area (Å²) >= 11 is 0. The van der Waals surface area contributed by atoms with E-state index in [1.54, 1.807) is 12.1 Å². The molecule has 23 heavy (non-hydrogen) atoms. The molecule has 0 unspecified atom stereocenters. The molecule has 0 bridgehead atoms. The fraction of sp³-hybridized carbons (Fsp3) is 0.400. The van der Waals surface area contributed by atoms with Crippen molar-refractivity contribution in [3.63, 3.8) is 0 Å². The highest BCUT2D eigenvalue weighted by Gasteiger charge is 2.01. The number of hydrogen-bond donors (Lipinski definition) is 4. The van der Waals surface area contributed by atoms with Gasteiger partial charge in [-0.3, -0.25) is 9.59 Å². The molecule has 0 saturated heterocycles. The van der Waals surface area contributed by atoms with Crippen LogP contribution in [-0.2, 0) is 9.59 Å². The molecule has 1 aromatic carbocycles. The number of carboxylic acids is 3. The van der Waals surface area contributed by atoms with Crippen LogP contribution in [0.25, 0.3) is 0 Å². The van der Waals surface area contributed by atoms with Gasteiger partial charge >= 0.3 is 17.9 Å². The van der Waals surface area contributed by atoms with Gasteiger partial charge in [-0.25, -0.2) is 4.79 Å². The van der Waals surface area contributed by atoms with E-state index in [0.717, 1.165) is 0 Å². The van der Waals surface area contributed by atoms with Gasteiger partial charge in [0, 0.05) is 12.8 Å². The van der Waals surface area contributed by atoms with Gasteiger partial charge in [0.05, 0.1) is 12.2 Å². The molecule has 0 aliphatic rings. The largest absolute Gasteiger partial charge is 0.491 e. The van der Waals surface area contributed by atoms with Crippen molar-refractivity contribution >= 4 is 17.9 Å². The molecule has 0 spiro atoms. The molecular formula is C15H20O8. The Kier molecular flexibility index (Phi) is 10.6. The Balaban J connectivity index is 0.000000438. The Morgan fingerprint density at radius 2 is 1.35 bits per heavy atom. The number of aliphatic hydroxyl groups excluding tert-OH is 1. The Bertz CT molecular complexity index is 479. The van der Waals surface area contributed by atoms with E-state index in [9.17, 15) is 14.4 Å². The first kappa shape index (κ1) is 20.4. The van der Waals surface area contributed by atoms with Gasteiger partial charge in [0.2, 0.25) is 0 Å². The SMILES string of the molecule is O=C(O)CCCCC(=O)O.O=C(O)c1ccc(OCCO)cc1. The number of benzene rings is 1. The van der Waals surface area contributed by atoms with Crippen molar-refractivity contribution in [1.82, 2.24) is 0 Å². The summed E-state index contributed by atoms with van der Waals surface area (Å²) in [6.45, 7) is 0.160. The van der Waals surface area contributed by atoms with Crippen molar-refractivity contribution < 1.29 is 39.5 Å². The second kappa shape index (κ2) is 12.0. The highest BCUT2D eigenvalue weighted by molar-refractivity contribution is 5.87. The van der Waals surface area contributed by atoms with Crippen LogP contribution >= 0.6 is 0 Å². The third-order valence-electron chi connectivity index (χ3n) is 2.49. The molecule has 0 aliphatic heterocycles. The molecule has 1 rings (SSSR count). The molecule has 0 heterocycles. The van der Waals surface area contributed by atoms with E-state index in [2.05, 4.69) is 0 Å². The average molecular weight is 328 g/mol. The molecular weight excluding hydrogens is 308 g/mol. The molecule has 0 aromatic heterocycles. The Hall–Kier alpha value is -2.61. The Labute approximate surface area is 132 Å². The number of aliphatic carboxylic acids is 2. The van der Waals surface area contributed by atoms with Crippen molar-refractivity contribution in [3.05, 3.63) is 29.8 Å². The first-order chi connectivity index (χ1) is 10.9. The lowest BCUT2D eigenvalue weighted by Gasteiger charge is -2.03. The van der Waals surface area contributed by atoms with Crippen molar-refractivity contribution in [2.75, 3.05) is 13.2 Å². The zero-order valence-electron chi connectivity index (χ0n) is 12.5. The molecule has 0 fully saturated rings. The van der Waals surface area contributed by atoms with Gasteiger partial charge in [0.15, 0.2) is 0 Å². The lowest BCUT2D eigenvalue weighted by molar-refractivity contribution is -0.139. The van der Waals surface area contributed by atoms with Crippen LogP contribution in [0.4, 0.5) is 0 Å². The van der Waals surface area contributed by atoms with E-state index in [0.29, 0.717) is 18.6 Å². The summed E-state index contributed by atoms with van der Waals surface area (Å²) in [5.41, 5.74) is 0.219. The first-order valence-corrected chi connectivity index (χ1v) is 6.87. The zero-order valence-corrected chi connectivity index (χ0v) is 12.5. The normalized spacial score (nSPS) is 9.43. The van der Waals surface area contributed by atoms with Crippen LogP contribution in [0.1, 0.15) is 36.0 Å². The third kappa shape index (κ3) is 11.7. The van der Waals surface area contributed by atoms with Gasteiger partial charge in [-0.15, -0.1) is 0 Å². The summed E-state index contributed by atoms with van der Waals surface area (Å²) in [4.78, 5) is 30.2. The van der Waals surface area contributed by atoms with Crippen LogP contribution in [-0.4, -0.2) is 51.5 Å².